The minimum absolute atomic E-state index is 0.559. The van der Waals surface area contributed by atoms with E-state index in [0.717, 1.165) is 84.0 Å². The van der Waals surface area contributed by atoms with Gasteiger partial charge in [-0.1, -0.05) is 115 Å². The van der Waals surface area contributed by atoms with Crippen LogP contribution in [-0.2, 0) is 0 Å². The van der Waals surface area contributed by atoms with E-state index < -0.39 is 0 Å². The molecule has 5 aromatic heterocycles. The van der Waals surface area contributed by atoms with Crippen LogP contribution in [0.15, 0.2) is 213 Å². The summed E-state index contributed by atoms with van der Waals surface area (Å²) in [7, 11) is 0. The van der Waals surface area contributed by atoms with Gasteiger partial charge in [0.2, 0.25) is 0 Å². The lowest BCUT2D eigenvalue weighted by Gasteiger charge is -2.14. The molecule has 0 N–H and O–H groups in total. The Kier molecular flexibility index (Phi) is 9.79. The van der Waals surface area contributed by atoms with Crippen molar-refractivity contribution in [3.05, 3.63) is 213 Å². The lowest BCUT2D eigenvalue weighted by molar-refractivity contribution is 1.07. The van der Waals surface area contributed by atoms with Crippen molar-refractivity contribution in [3.63, 3.8) is 0 Å². The molecule has 0 bridgehead atoms. The molecule has 282 valence electrons. The molecule has 0 fully saturated rings. The summed E-state index contributed by atoms with van der Waals surface area (Å²) < 4.78 is 0. The summed E-state index contributed by atoms with van der Waals surface area (Å²) in [5.41, 5.74) is 14.0. The van der Waals surface area contributed by atoms with Gasteiger partial charge in [-0.15, -0.1) is 0 Å². The van der Waals surface area contributed by atoms with Gasteiger partial charge in [-0.05, 0) is 106 Å². The summed E-state index contributed by atoms with van der Waals surface area (Å²) in [6.07, 6.45) is 7.37. The third-order valence-electron chi connectivity index (χ3n) is 10.3. The second-order valence-electron chi connectivity index (χ2n) is 14.3. The Morgan fingerprint density at radius 1 is 0.217 bits per heavy atom. The van der Waals surface area contributed by atoms with Crippen LogP contribution < -0.4 is 0 Å². The van der Waals surface area contributed by atoms with Crippen molar-refractivity contribution in [2.45, 2.75) is 0 Å². The molecule has 0 radical (unpaired) electrons. The van der Waals surface area contributed by atoms with Gasteiger partial charge in [-0.25, -0.2) is 15.0 Å². The summed E-state index contributed by atoms with van der Waals surface area (Å²) in [6, 6.07) is 63.7. The lowest BCUT2D eigenvalue weighted by Crippen LogP contribution is -2.01. The average Bonchev–Trinajstić information content (AvgIpc) is 3.35. The molecule has 7 heteroatoms. The first-order valence-electron chi connectivity index (χ1n) is 19.7. The highest BCUT2D eigenvalue weighted by molar-refractivity contribution is 5.83. The van der Waals surface area contributed by atoms with Gasteiger partial charge in [0.05, 0.1) is 22.8 Å². The van der Waals surface area contributed by atoms with E-state index in [1.165, 1.54) is 0 Å². The number of rotatable bonds is 9. The summed E-state index contributed by atoms with van der Waals surface area (Å²) in [6.45, 7) is 0. The van der Waals surface area contributed by atoms with E-state index in [0.29, 0.717) is 17.5 Å². The van der Waals surface area contributed by atoms with Gasteiger partial charge in [0.25, 0.3) is 0 Å². The highest BCUT2D eigenvalue weighted by atomic mass is 15.0. The van der Waals surface area contributed by atoms with Crippen LogP contribution in [0, 0.1) is 0 Å². The fourth-order valence-corrected chi connectivity index (χ4v) is 7.25. The van der Waals surface area contributed by atoms with E-state index in [9.17, 15) is 0 Å². The monoisotopic (exact) mass is 769 g/mol. The number of nitrogens with zero attached hydrogens (tertiary/aromatic N) is 7. The van der Waals surface area contributed by atoms with E-state index in [1.54, 1.807) is 12.4 Å². The highest BCUT2D eigenvalue weighted by Crippen LogP contribution is 2.36. The average molecular weight is 770 g/mol. The molecule has 5 aromatic carbocycles. The smallest absolute Gasteiger partial charge is 0.164 e. The van der Waals surface area contributed by atoms with Gasteiger partial charge >= 0.3 is 0 Å². The van der Waals surface area contributed by atoms with Gasteiger partial charge in [-0.2, -0.15) is 0 Å². The van der Waals surface area contributed by atoms with E-state index >= 15 is 0 Å². The Morgan fingerprint density at radius 2 is 0.550 bits per heavy atom. The Morgan fingerprint density at radius 3 is 0.917 bits per heavy atom. The molecule has 0 unspecified atom stereocenters. The van der Waals surface area contributed by atoms with Crippen LogP contribution in [0.3, 0.4) is 0 Å². The van der Waals surface area contributed by atoms with Crippen LogP contribution in [0.5, 0.6) is 0 Å². The molecule has 0 aliphatic heterocycles. The van der Waals surface area contributed by atoms with Crippen LogP contribution in [0.25, 0.3) is 101 Å². The molecule has 10 rings (SSSR count). The molecule has 0 saturated carbocycles. The first kappa shape index (κ1) is 36.1. The summed E-state index contributed by atoms with van der Waals surface area (Å²) in [5.74, 6) is 1.70. The third-order valence-corrected chi connectivity index (χ3v) is 10.3. The quantitative estimate of drug-likeness (QED) is 0.144. The van der Waals surface area contributed by atoms with Gasteiger partial charge in [0, 0.05) is 52.6 Å². The van der Waals surface area contributed by atoms with Crippen molar-refractivity contribution in [2.75, 3.05) is 0 Å². The maximum atomic E-state index is 5.28. The SMILES string of the molecule is c1ccc(-c2cc(-c3ccc(-c4ccccn4)nc3)cc(-c3nc(-c4ccccc4)nc(-c4cc(-c5ccccc5)cc(-c5ccc(-c6ccccn6)nc5)c4)n3)c2)cc1. The maximum Gasteiger partial charge on any atom is 0.164 e. The standard InChI is InChI=1S/C53H35N7/c1-4-14-36(15-5-1)41-28-43(39-22-24-49(56-34-39)47-20-10-12-26-54-47)32-45(30-41)52-58-51(38-18-8-3-9-19-38)59-53(60-52)46-31-42(37-16-6-2-7-17-37)29-44(33-46)40-23-25-50(57-35-40)48-21-11-13-27-55-48/h1-35H. The third kappa shape index (κ3) is 7.71. The fraction of sp³-hybridized carbons (Fsp3) is 0. The molecule has 60 heavy (non-hydrogen) atoms. The molecule has 0 aliphatic rings. The van der Waals surface area contributed by atoms with E-state index in [2.05, 4.69) is 107 Å². The van der Waals surface area contributed by atoms with Gasteiger partial charge in [0.15, 0.2) is 17.5 Å². The van der Waals surface area contributed by atoms with E-state index in [1.807, 2.05) is 103 Å². The summed E-state index contributed by atoms with van der Waals surface area (Å²) in [5, 5.41) is 0. The van der Waals surface area contributed by atoms with Crippen molar-refractivity contribution in [1.82, 2.24) is 34.9 Å². The zero-order valence-electron chi connectivity index (χ0n) is 32.3. The van der Waals surface area contributed by atoms with Crippen molar-refractivity contribution >= 4 is 0 Å². The van der Waals surface area contributed by atoms with Crippen LogP contribution in [-0.4, -0.2) is 34.9 Å². The zero-order chi connectivity index (χ0) is 40.1. The lowest BCUT2D eigenvalue weighted by atomic mass is 9.95. The Balaban J connectivity index is 1.14. The molecule has 0 spiro atoms. The molecule has 5 heterocycles. The number of hydrogen-bond acceptors (Lipinski definition) is 7. The van der Waals surface area contributed by atoms with Crippen LogP contribution in [0.2, 0.25) is 0 Å². The minimum Gasteiger partial charge on any atom is -0.255 e. The summed E-state index contributed by atoms with van der Waals surface area (Å²) in [4.78, 5) is 34.2. The largest absolute Gasteiger partial charge is 0.255 e. The Hall–Kier alpha value is -8.29. The van der Waals surface area contributed by atoms with Crippen molar-refractivity contribution in [3.8, 4) is 101 Å². The van der Waals surface area contributed by atoms with Crippen molar-refractivity contribution < 1.29 is 0 Å². The first-order valence-corrected chi connectivity index (χ1v) is 19.7. The molecule has 0 saturated heterocycles. The topological polar surface area (TPSA) is 90.2 Å². The summed E-state index contributed by atoms with van der Waals surface area (Å²) >= 11 is 0. The predicted octanol–water partition coefficient (Wildman–Crippen LogP) is 12.5. The molecule has 0 aliphatic carbocycles. The molecule has 7 nitrogen and oxygen atoms in total. The van der Waals surface area contributed by atoms with Crippen LogP contribution >= 0.6 is 0 Å². The van der Waals surface area contributed by atoms with Crippen molar-refractivity contribution in [2.24, 2.45) is 0 Å². The second-order valence-corrected chi connectivity index (χ2v) is 14.3. The second kappa shape index (κ2) is 16.3. The van der Waals surface area contributed by atoms with E-state index in [-0.39, 0.29) is 0 Å². The van der Waals surface area contributed by atoms with Gasteiger partial charge in [0.1, 0.15) is 0 Å². The predicted molar refractivity (Wildman–Crippen MR) is 240 cm³/mol. The Labute approximate surface area is 347 Å². The van der Waals surface area contributed by atoms with E-state index in [4.69, 9.17) is 24.9 Å². The first-order chi connectivity index (χ1) is 29.7. The van der Waals surface area contributed by atoms with Crippen molar-refractivity contribution in [1.29, 1.82) is 0 Å². The van der Waals surface area contributed by atoms with Crippen LogP contribution in [0.4, 0.5) is 0 Å². The van der Waals surface area contributed by atoms with Crippen LogP contribution in [0.1, 0.15) is 0 Å². The molecule has 10 aromatic rings. The number of hydrogen-bond donors (Lipinski definition) is 0. The molecular weight excluding hydrogens is 735 g/mol. The zero-order valence-corrected chi connectivity index (χ0v) is 32.3. The maximum absolute atomic E-state index is 5.28. The van der Waals surface area contributed by atoms with Gasteiger partial charge in [-0.3, -0.25) is 19.9 Å². The fourth-order valence-electron chi connectivity index (χ4n) is 7.25. The number of aromatic nitrogens is 7. The minimum atomic E-state index is 0.559. The van der Waals surface area contributed by atoms with Gasteiger partial charge < -0.3 is 0 Å². The molecular formula is C53H35N7. The Bertz CT molecular complexity index is 2850. The number of benzene rings is 5. The molecule has 0 amide bonds. The highest BCUT2D eigenvalue weighted by Gasteiger charge is 2.17. The normalized spacial score (nSPS) is 11.0. The molecule has 0 atom stereocenters. The number of pyridine rings is 4.